The van der Waals surface area contributed by atoms with Gasteiger partial charge in [-0.2, -0.15) is 5.10 Å². The van der Waals surface area contributed by atoms with Crippen LogP contribution in [-0.2, 0) is 9.59 Å². The first kappa shape index (κ1) is 15.0. The van der Waals surface area contributed by atoms with Crippen molar-refractivity contribution in [1.29, 1.82) is 0 Å². The van der Waals surface area contributed by atoms with Gasteiger partial charge in [-0.15, -0.1) is 0 Å². The van der Waals surface area contributed by atoms with E-state index in [-0.39, 0.29) is 18.2 Å². The number of hydrogen-bond donors (Lipinski definition) is 3. The van der Waals surface area contributed by atoms with Gasteiger partial charge in [0, 0.05) is 11.8 Å². The largest absolute Gasteiger partial charge is 0.481 e. The van der Waals surface area contributed by atoms with Crippen LogP contribution in [0.1, 0.15) is 27.2 Å². The highest BCUT2D eigenvalue weighted by Crippen LogP contribution is 2.32. The summed E-state index contributed by atoms with van der Waals surface area (Å²) in [5.74, 6) is -1.43. The monoisotopic (exact) mass is 289 g/mol. The second-order valence-corrected chi connectivity index (χ2v) is 5.74. The molecule has 0 aliphatic heterocycles. The number of hydrogen-bond acceptors (Lipinski definition) is 3. The SMILES string of the molecule is CC(C)C(C)(CC(=O)Nc1cccc2[nH]ncc12)C(=O)O. The normalized spacial score (nSPS) is 14.1. The molecule has 1 amide bonds. The van der Waals surface area contributed by atoms with Crippen LogP contribution >= 0.6 is 0 Å². The topological polar surface area (TPSA) is 95.1 Å². The van der Waals surface area contributed by atoms with E-state index >= 15 is 0 Å². The number of fused-ring (bicyclic) bond motifs is 1. The molecule has 1 aromatic heterocycles. The molecule has 0 aliphatic carbocycles. The van der Waals surface area contributed by atoms with Crippen LogP contribution in [-0.4, -0.2) is 27.2 Å². The molecule has 6 heteroatoms. The first-order valence-corrected chi connectivity index (χ1v) is 6.80. The number of rotatable bonds is 5. The van der Waals surface area contributed by atoms with E-state index < -0.39 is 11.4 Å². The Morgan fingerprint density at radius 2 is 2.14 bits per heavy atom. The Bertz CT molecular complexity index is 678. The summed E-state index contributed by atoms with van der Waals surface area (Å²) in [4.78, 5) is 23.6. The molecule has 0 saturated carbocycles. The summed E-state index contributed by atoms with van der Waals surface area (Å²) < 4.78 is 0. The first-order valence-electron chi connectivity index (χ1n) is 6.80. The van der Waals surface area contributed by atoms with E-state index in [0.717, 1.165) is 10.9 Å². The quantitative estimate of drug-likeness (QED) is 0.788. The van der Waals surface area contributed by atoms with Crippen LogP contribution in [0.4, 0.5) is 5.69 Å². The minimum absolute atomic E-state index is 0.0752. The molecule has 6 nitrogen and oxygen atoms in total. The zero-order valence-corrected chi connectivity index (χ0v) is 12.3. The molecule has 21 heavy (non-hydrogen) atoms. The Balaban J connectivity index is 2.18. The van der Waals surface area contributed by atoms with Gasteiger partial charge in [0.05, 0.1) is 22.8 Å². The molecular formula is C15H19N3O3. The molecule has 2 rings (SSSR count). The molecule has 2 aromatic rings. The van der Waals surface area contributed by atoms with E-state index in [1.54, 1.807) is 39.1 Å². The molecule has 0 fully saturated rings. The van der Waals surface area contributed by atoms with Crippen LogP contribution in [0.2, 0.25) is 0 Å². The molecule has 1 atom stereocenters. The summed E-state index contributed by atoms with van der Waals surface area (Å²) in [7, 11) is 0. The van der Waals surface area contributed by atoms with Crippen molar-refractivity contribution in [2.45, 2.75) is 27.2 Å². The molecule has 1 heterocycles. The molecule has 112 valence electrons. The number of carboxylic acids is 1. The molecule has 0 radical (unpaired) electrons. The Morgan fingerprint density at radius 1 is 1.43 bits per heavy atom. The molecule has 1 unspecified atom stereocenters. The van der Waals surface area contributed by atoms with Crippen molar-refractivity contribution in [2.75, 3.05) is 5.32 Å². The summed E-state index contributed by atoms with van der Waals surface area (Å²) in [6.45, 7) is 5.20. The van der Waals surface area contributed by atoms with Crippen molar-refractivity contribution in [3.63, 3.8) is 0 Å². The number of nitrogens with zero attached hydrogens (tertiary/aromatic N) is 1. The van der Waals surface area contributed by atoms with Gasteiger partial charge in [-0.25, -0.2) is 0 Å². The molecular weight excluding hydrogens is 270 g/mol. The first-order chi connectivity index (χ1) is 9.84. The maximum atomic E-state index is 12.2. The third-order valence-corrected chi connectivity index (χ3v) is 4.05. The van der Waals surface area contributed by atoms with Crippen LogP contribution in [0.5, 0.6) is 0 Å². The van der Waals surface area contributed by atoms with Gasteiger partial charge < -0.3 is 10.4 Å². The number of amides is 1. The number of anilines is 1. The number of aromatic nitrogens is 2. The van der Waals surface area contributed by atoms with E-state index in [9.17, 15) is 14.7 Å². The number of carbonyl (C=O) groups is 2. The lowest BCUT2D eigenvalue weighted by Crippen LogP contribution is -2.37. The summed E-state index contributed by atoms with van der Waals surface area (Å²) in [6.07, 6.45) is 1.55. The molecule has 0 bridgehead atoms. The van der Waals surface area contributed by atoms with Gasteiger partial charge in [0.25, 0.3) is 0 Å². The van der Waals surface area contributed by atoms with Crippen LogP contribution in [0.15, 0.2) is 24.4 Å². The lowest BCUT2D eigenvalue weighted by molar-refractivity contribution is -0.153. The predicted octanol–water partition coefficient (Wildman–Crippen LogP) is 2.64. The zero-order chi connectivity index (χ0) is 15.6. The van der Waals surface area contributed by atoms with E-state index in [1.807, 2.05) is 6.07 Å². The maximum absolute atomic E-state index is 12.2. The number of carboxylic acid groups (broad SMARTS) is 1. The fourth-order valence-corrected chi connectivity index (χ4v) is 2.13. The highest BCUT2D eigenvalue weighted by molar-refractivity contribution is 6.02. The van der Waals surface area contributed by atoms with Gasteiger partial charge in [-0.1, -0.05) is 19.9 Å². The van der Waals surface area contributed by atoms with Crippen LogP contribution in [0.25, 0.3) is 10.9 Å². The highest BCUT2D eigenvalue weighted by Gasteiger charge is 2.38. The molecule has 0 saturated heterocycles. The third kappa shape index (κ3) is 2.89. The van der Waals surface area contributed by atoms with Gasteiger partial charge in [0.15, 0.2) is 0 Å². The van der Waals surface area contributed by atoms with Crippen molar-refractivity contribution >= 4 is 28.5 Å². The summed E-state index contributed by atoms with van der Waals surface area (Å²) in [5.41, 5.74) is 0.356. The van der Waals surface area contributed by atoms with Gasteiger partial charge in [0.2, 0.25) is 5.91 Å². The fraction of sp³-hybridized carbons (Fsp3) is 0.400. The average Bonchev–Trinajstić information content (AvgIpc) is 2.87. The zero-order valence-electron chi connectivity index (χ0n) is 12.3. The van der Waals surface area contributed by atoms with Crippen molar-refractivity contribution in [2.24, 2.45) is 11.3 Å². The van der Waals surface area contributed by atoms with E-state index in [0.29, 0.717) is 5.69 Å². The molecule has 0 spiro atoms. The number of nitrogens with one attached hydrogen (secondary N) is 2. The summed E-state index contributed by atoms with van der Waals surface area (Å²) >= 11 is 0. The number of benzene rings is 1. The second-order valence-electron chi connectivity index (χ2n) is 5.74. The van der Waals surface area contributed by atoms with Crippen LogP contribution < -0.4 is 5.32 Å². The fourth-order valence-electron chi connectivity index (χ4n) is 2.13. The number of aliphatic carboxylic acids is 1. The summed E-state index contributed by atoms with van der Waals surface area (Å²) in [5, 5.41) is 19.7. The highest BCUT2D eigenvalue weighted by atomic mass is 16.4. The van der Waals surface area contributed by atoms with Crippen molar-refractivity contribution in [3.8, 4) is 0 Å². The average molecular weight is 289 g/mol. The van der Waals surface area contributed by atoms with E-state index in [4.69, 9.17) is 0 Å². The van der Waals surface area contributed by atoms with Crippen molar-refractivity contribution < 1.29 is 14.7 Å². The molecule has 3 N–H and O–H groups in total. The predicted molar refractivity (Wildman–Crippen MR) is 79.9 cm³/mol. The van der Waals surface area contributed by atoms with E-state index in [2.05, 4.69) is 15.5 Å². The van der Waals surface area contributed by atoms with Crippen LogP contribution in [0, 0.1) is 11.3 Å². The maximum Gasteiger partial charge on any atom is 0.310 e. The summed E-state index contributed by atoms with van der Waals surface area (Å²) in [6, 6.07) is 5.42. The molecule has 1 aromatic carbocycles. The van der Waals surface area contributed by atoms with Gasteiger partial charge >= 0.3 is 5.97 Å². The Labute approximate surface area is 122 Å². The lowest BCUT2D eigenvalue weighted by atomic mass is 9.76. The Hall–Kier alpha value is -2.37. The van der Waals surface area contributed by atoms with Gasteiger partial charge in [-0.3, -0.25) is 14.7 Å². The van der Waals surface area contributed by atoms with Crippen LogP contribution in [0.3, 0.4) is 0 Å². The smallest absolute Gasteiger partial charge is 0.310 e. The molecule has 0 aliphatic rings. The number of aromatic amines is 1. The number of carbonyl (C=O) groups excluding carboxylic acids is 1. The van der Waals surface area contributed by atoms with E-state index in [1.165, 1.54) is 0 Å². The standard InChI is InChI=1S/C15H19N3O3/c1-9(2)15(3,14(20)21)7-13(19)17-11-5-4-6-12-10(11)8-16-18-12/h4-6,8-9H,7H2,1-3H3,(H,16,18)(H,17,19)(H,20,21). The lowest BCUT2D eigenvalue weighted by Gasteiger charge is -2.28. The Kier molecular flexibility index (Phi) is 3.97. The van der Waals surface area contributed by atoms with Crippen molar-refractivity contribution in [1.82, 2.24) is 10.2 Å². The second kappa shape index (κ2) is 5.55. The van der Waals surface area contributed by atoms with Gasteiger partial charge in [0.1, 0.15) is 0 Å². The van der Waals surface area contributed by atoms with Crippen molar-refractivity contribution in [3.05, 3.63) is 24.4 Å². The minimum atomic E-state index is -1.09. The minimum Gasteiger partial charge on any atom is -0.481 e. The van der Waals surface area contributed by atoms with Gasteiger partial charge in [-0.05, 0) is 25.0 Å². The third-order valence-electron chi connectivity index (χ3n) is 4.05. The Morgan fingerprint density at radius 3 is 2.76 bits per heavy atom. The number of H-pyrrole nitrogens is 1.